The van der Waals surface area contributed by atoms with Crippen molar-refractivity contribution < 1.29 is 18.8 Å². The fourth-order valence-corrected chi connectivity index (χ4v) is 6.39. The van der Waals surface area contributed by atoms with Gasteiger partial charge in [0.15, 0.2) is 17.3 Å². The predicted molar refractivity (Wildman–Crippen MR) is 162 cm³/mol. The molecule has 2 saturated heterocycles. The minimum Gasteiger partial charge on any atom is -0.364 e. The van der Waals surface area contributed by atoms with Crippen molar-refractivity contribution >= 4 is 45.8 Å². The minimum atomic E-state index is -0.729. The number of anilines is 1. The summed E-state index contributed by atoms with van der Waals surface area (Å²) in [6, 6.07) is 16.4. The van der Waals surface area contributed by atoms with Gasteiger partial charge in [0.2, 0.25) is 5.91 Å². The zero-order valence-corrected chi connectivity index (χ0v) is 23.9. The van der Waals surface area contributed by atoms with Gasteiger partial charge in [-0.2, -0.15) is 5.10 Å². The lowest BCUT2D eigenvalue weighted by atomic mass is 9.93. The topological polar surface area (TPSA) is 136 Å². The Bertz CT molecular complexity index is 1960. The first kappa shape index (κ1) is 27.8. The second-order valence-corrected chi connectivity index (χ2v) is 11.4. The second kappa shape index (κ2) is 10.9. The third-order valence-corrected chi connectivity index (χ3v) is 8.62. The summed E-state index contributed by atoms with van der Waals surface area (Å²) in [6.45, 7) is 0.525. The Morgan fingerprint density at radius 1 is 1.00 bits per heavy atom. The van der Waals surface area contributed by atoms with E-state index in [2.05, 4.69) is 20.4 Å². The molecule has 0 aliphatic carbocycles. The van der Waals surface area contributed by atoms with Crippen LogP contribution < -0.4 is 11.1 Å². The van der Waals surface area contributed by atoms with Crippen LogP contribution in [0.4, 0.5) is 10.1 Å². The molecule has 0 spiro atoms. The van der Waals surface area contributed by atoms with Gasteiger partial charge in [0.05, 0.1) is 23.2 Å². The van der Waals surface area contributed by atoms with Crippen molar-refractivity contribution in [3.8, 4) is 22.3 Å². The Balaban J connectivity index is 1.14. The lowest BCUT2D eigenvalue weighted by Crippen LogP contribution is -2.41. The maximum atomic E-state index is 15.6. The molecule has 2 fully saturated rings. The van der Waals surface area contributed by atoms with Crippen molar-refractivity contribution in [1.29, 1.82) is 0 Å². The van der Waals surface area contributed by atoms with Crippen molar-refractivity contribution in [3.05, 3.63) is 95.9 Å². The average Bonchev–Trinajstić information content (AvgIpc) is 3.53. The van der Waals surface area contributed by atoms with E-state index in [0.717, 1.165) is 11.1 Å². The molecule has 10 nitrogen and oxygen atoms in total. The van der Waals surface area contributed by atoms with Crippen molar-refractivity contribution in [2.24, 2.45) is 11.7 Å². The number of ketones is 1. The molecule has 2 amide bonds. The van der Waals surface area contributed by atoms with E-state index in [0.29, 0.717) is 34.5 Å². The van der Waals surface area contributed by atoms with E-state index in [1.165, 1.54) is 17.1 Å². The van der Waals surface area contributed by atoms with Gasteiger partial charge in [-0.15, -0.1) is 0 Å². The summed E-state index contributed by atoms with van der Waals surface area (Å²) in [5.41, 5.74) is 8.51. The zero-order valence-electron chi connectivity index (χ0n) is 23.2. The van der Waals surface area contributed by atoms with E-state index in [-0.39, 0.29) is 35.3 Å². The van der Waals surface area contributed by atoms with E-state index < -0.39 is 29.6 Å². The van der Waals surface area contributed by atoms with Crippen LogP contribution in [0.25, 0.3) is 33.2 Å². The van der Waals surface area contributed by atoms with Gasteiger partial charge < -0.3 is 11.1 Å². The van der Waals surface area contributed by atoms with Gasteiger partial charge in [0.25, 0.3) is 5.91 Å². The quantitative estimate of drug-likeness (QED) is 0.250. The molecular weight excluding hydrogens is 585 g/mol. The van der Waals surface area contributed by atoms with E-state index in [1.54, 1.807) is 60.9 Å². The normalized spacial score (nSPS) is 20.3. The Kier molecular flexibility index (Phi) is 6.91. The fraction of sp³-hybridized carbons (Fsp3) is 0.188. The second-order valence-electron chi connectivity index (χ2n) is 11.0. The maximum absolute atomic E-state index is 15.6. The van der Waals surface area contributed by atoms with Gasteiger partial charge in [-0.1, -0.05) is 48.0 Å². The van der Waals surface area contributed by atoms with Gasteiger partial charge in [0, 0.05) is 52.1 Å². The first-order valence-electron chi connectivity index (χ1n) is 14.0. The summed E-state index contributed by atoms with van der Waals surface area (Å²) >= 11 is 6.29. The summed E-state index contributed by atoms with van der Waals surface area (Å²) in [4.78, 5) is 49.6. The lowest BCUT2D eigenvalue weighted by molar-refractivity contribution is -0.129. The Morgan fingerprint density at radius 2 is 1.77 bits per heavy atom. The molecule has 12 heteroatoms. The summed E-state index contributed by atoms with van der Waals surface area (Å²) < 4.78 is 17.0. The number of benzene rings is 3. The van der Waals surface area contributed by atoms with Crippen LogP contribution in [0.3, 0.4) is 0 Å². The van der Waals surface area contributed by atoms with Gasteiger partial charge in [-0.05, 0) is 36.2 Å². The van der Waals surface area contributed by atoms with Crippen molar-refractivity contribution in [1.82, 2.24) is 24.6 Å². The number of hydrogen-bond donors (Lipinski definition) is 2. The van der Waals surface area contributed by atoms with Crippen LogP contribution in [-0.2, 0) is 16.1 Å². The third kappa shape index (κ3) is 4.89. The van der Waals surface area contributed by atoms with Gasteiger partial charge in [-0.3, -0.25) is 24.0 Å². The largest absolute Gasteiger partial charge is 0.364 e. The first-order chi connectivity index (χ1) is 21.3. The number of fused-ring (bicyclic) bond motifs is 2. The highest BCUT2D eigenvalue weighted by Crippen LogP contribution is 2.42. The number of piperidine rings is 1. The first-order valence-corrected chi connectivity index (χ1v) is 14.4. The molecule has 5 aromatic rings. The monoisotopic (exact) mass is 609 g/mol. The Hall–Kier alpha value is -5.00. The molecule has 1 unspecified atom stereocenters. The number of nitrogens with two attached hydrogens (primary N) is 1. The molecule has 44 heavy (non-hydrogen) atoms. The third-order valence-electron chi connectivity index (χ3n) is 8.29. The highest BCUT2D eigenvalue weighted by Gasteiger charge is 2.56. The smallest absolute Gasteiger partial charge is 0.269 e. The van der Waals surface area contributed by atoms with Gasteiger partial charge in [0.1, 0.15) is 12.9 Å². The maximum Gasteiger partial charge on any atom is 0.269 e. The van der Waals surface area contributed by atoms with E-state index in [4.69, 9.17) is 17.3 Å². The Morgan fingerprint density at radius 3 is 2.55 bits per heavy atom. The number of carbonyl (C=O) groups excluding carboxylic acids is 3. The molecule has 2 aliphatic heterocycles. The molecule has 2 aromatic heterocycles. The molecule has 0 saturated carbocycles. The minimum absolute atomic E-state index is 0.0120. The number of halogens is 2. The van der Waals surface area contributed by atoms with Crippen molar-refractivity contribution in [2.45, 2.75) is 25.0 Å². The van der Waals surface area contributed by atoms with E-state index >= 15 is 4.39 Å². The van der Waals surface area contributed by atoms with Crippen LogP contribution in [-0.4, -0.2) is 60.9 Å². The van der Waals surface area contributed by atoms with Crippen molar-refractivity contribution in [3.63, 3.8) is 0 Å². The van der Waals surface area contributed by atoms with E-state index in [1.807, 2.05) is 11.0 Å². The SMILES string of the molecule is NC(=O)c1nn(CC(=O)C2[C@@H](C(=O)Nc3cccc(-c4ccccc4Cl)c3F)C[C@@H]3C[N@@]23)c2ccc(-c3cncnc3)cc12. The number of Topliss-reactive ketones (excluding diaryl/α,β-unsaturated/α-hetero) is 1. The number of rotatable bonds is 8. The molecule has 4 heterocycles. The fourth-order valence-electron chi connectivity index (χ4n) is 6.15. The molecule has 3 aromatic carbocycles. The molecular formula is C32H25ClFN7O3. The molecule has 2 aliphatic rings. The molecule has 0 radical (unpaired) electrons. The molecule has 7 rings (SSSR count). The summed E-state index contributed by atoms with van der Waals surface area (Å²) in [6.07, 6.45) is 5.20. The van der Waals surface area contributed by atoms with Crippen LogP contribution in [0.2, 0.25) is 5.02 Å². The number of hydrogen-bond acceptors (Lipinski definition) is 7. The van der Waals surface area contributed by atoms with Crippen LogP contribution in [0.1, 0.15) is 16.9 Å². The molecule has 4 atom stereocenters. The van der Waals surface area contributed by atoms with Crippen LogP contribution in [0.15, 0.2) is 79.4 Å². The number of nitrogens with one attached hydrogen (secondary N) is 1. The highest BCUT2D eigenvalue weighted by molar-refractivity contribution is 6.33. The van der Waals surface area contributed by atoms with Crippen LogP contribution in [0, 0.1) is 11.7 Å². The zero-order chi connectivity index (χ0) is 30.5. The number of amides is 2. The number of carbonyl (C=O) groups is 3. The lowest BCUT2D eigenvalue weighted by Gasteiger charge is -2.22. The molecule has 3 N–H and O–H groups in total. The highest BCUT2D eigenvalue weighted by atomic mass is 35.5. The number of primary amides is 1. The van der Waals surface area contributed by atoms with Crippen LogP contribution >= 0.6 is 11.6 Å². The standard InChI is InChI=1S/C32H25ClFN7O3/c33-24-6-2-1-4-20(24)21-5-3-7-25(28(21)34)38-32(44)23-11-19-14-40(19)30(23)27(42)15-41-26-9-8-17(18-12-36-16-37-13-18)10-22(26)29(39-41)31(35)43/h1-10,12-13,16,19,23,30H,11,14-15H2,(H2,35,43)(H,38,44)/t19-,23+,30?,40-/m1/s1. The molecule has 220 valence electrons. The van der Waals surface area contributed by atoms with Gasteiger partial charge in [-0.25, -0.2) is 14.4 Å². The van der Waals surface area contributed by atoms with Crippen molar-refractivity contribution in [2.75, 3.05) is 11.9 Å². The number of aromatic nitrogens is 4. The summed E-state index contributed by atoms with van der Waals surface area (Å²) in [7, 11) is 0. The number of nitrogens with zero attached hydrogens (tertiary/aromatic N) is 5. The molecule has 0 bridgehead atoms. The summed E-state index contributed by atoms with van der Waals surface area (Å²) in [5.74, 6) is -2.71. The van der Waals surface area contributed by atoms with Gasteiger partial charge >= 0.3 is 0 Å². The predicted octanol–water partition coefficient (Wildman–Crippen LogP) is 4.33. The van der Waals surface area contributed by atoms with E-state index in [9.17, 15) is 14.4 Å². The summed E-state index contributed by atoms with van der Waals surface area (Å²) in [5, 5.41) is 7.97. The Labute approximate surface area is 255 Å². The van der Waals surface area contributed by atoms with Crippen LogP contribution in [0.5, 0.6) is 0 Å². The average molecular weight is 610 g/mol.